The normalized spacial score (nSPS) is 12.0. The molecule has 238 valence electrons. The van der Waals surface area contributed by atoms with Gasteiger partial charge in [0.15, 0.2) is 16.8 Å². The fourth-order valence-corrected chi connectivity index (χ4v) is 5.85. The molecule has 46 heavy (non-hydrogen) atoms. The van der Waals surface area contributed by atoms with E-state index in [9.17, 15) is 13.2 Å². The van der Waals surface area contributed by atoms with Gasteiger partial charge in [0, 0.05) is 41.9 Å². The summed E-state index contributed by atoms with van der Waals surface area (Å²) < 4.78 is 46.6. The van der Waals surface area contributed by atoms with Gasteiger partial charge in [-0.3, -0.25) is 4.79 Å². The van der Waals surface area contributed by atoms with Crippen molar-refractivity contribution in [2.75, 3.05) is 25.1 Å². The van der Waals surface area contributed by atoms with Crippen LogP contribution in [0.1, 0.15) is 44.4 Å². The van der Waals surface area contributed by atoms with Crippen LogP contribution in [0, 0.1) is 0 Å². The molecule has 0 atom stereocenters. The van der Waals surface area contributed by atoms with Crippen molar-refractivity contribution in [3.05, 3.63) is 124 Å². The lowest BCUT2D eigenvalue weighted by Gasteiger charge is -2.26. The van der Waals surface area contributed by atoms with Crippen molar-refractivity contribution in [1.82, 2.24) is 4.98 Å². The molecule has 1 aliphatic heterocycles. The number of aromatic nitrogens is 1. The van der Waals surface area contributed by atoms with Crippen LogP contribution in [0.4, 0.5) is 5.69 Å². The lowest BCUT2D eigenvalue weighted by molar-refractivity contribution is 0.347. The number of hydrogen-bond donors (Lipinski definition) is 0. The van der Waals surface area contributed by atoms with E-state index in [1.54, 1.807) is 37.4 Å². The van der Waals surface area contributed by atoms with Crippen LogP contribution in [0.25, 0.3) is 28.6 Å². The van der Waals surface area contributed by atoms with Gasteiger partial charge in [-0.25, -0.2) is 4.98 Å². The Morgan fingerprint density at radius 2 is 1.57 bits per heavy atom. The number of nitrogens with zero attached hydrogens (tertiary/aromatic N) is 2. The van der Waals surface area contributed by atoms with Crippen LogP contribution in [0.3, 0.4) is 0 Å². The molecule has 10 heteroatoms. The summed E-state index contributed by atoms with van der Waals surface area (Å²) in [5.41, 5.74) is 4.29. The zero-order valence-electron chi connectivity index (χ0n) is 26.4. The molecule has 2 aliphatic rings. The van der Waals surface area contributed by atoms with Crippen LogP contribution in [0.15, 0.2) is 106 Å². The number of methoxy groups -OCH3 is 1. The third-order valence-corrected chi connectivity index (χ3v) is 8.68. The molecule has 3 aromatic carbocycles. The Kier molecular flexibility index (Phi) is 9.20. The number of rotatable bonds is 12. The second kappa shape index (κ2) is 13.1. The molecular formula is C36H36N2O7S. The van der Waals surface area contributed by atoms with Crippen LogP contribution in [0.5, 0.6) is 11.5 Å². The van der Waals surface area contributed by atoms with Gasteiger partial charge in [-0.1, -0.05) is 44.7 Å². The summed E-state index contributed by atoms with van der Waals surface area (Å²) in [6.07, 6.45) is 2.68. The van der Waals surface area contributed by atoms with E-state index in [2.05, 4.69) is 44.2 Å². The van der Waals surface area contributed by atoms with Crippen LogP contribution < -0.4 is 19.2 Å². The number of ether oxygens (including phenoxy) is 1. The smallest absolute Gasteiger partial charge is 0.497 e. The summed E-state index contributed by atoms with van der Waals surface area (Å²) in [6, 6.07) is 23.2. The summed E-state index contributed by atoms with van der Waals surface area (Å²) in [5, 5.41) is 0. The van der Waals surface area contributed by atoms with E-state index in [1.165, 1.54) is 18.2 Å². The monoisotopic (exact) mass is 640 g/mol. The van der Waals surface area contributed by atoms with Crippen molar-refractivity contribution in [2.45, 2.75) is 33.1 Å². The molecule has 0 spiro atoms. The molecule has 0 fully saturated rings. The van der Waals surface area contributed by atoms with Crippen molar-refractivity contribution < 1.29 is 25.9 Å². The van der Waals surface area contributed by atoms with Crippen LogP contribution >= 0.6 is 0 Å². The molecule has 0 aromatic heterocycles. The van der Waals surface area contributed by atoms with Crippen LogP contribution in [-0.4, -0.2) is 33.6 Å². The van der Waals surface area contributed by atoms with Gasteiger partial charge >= 0.3 is 10.4 Å². The first-order chi connectivity index (χ1) is 21.9. The Morgan fingerprint density at radius 3 is 2.17 bits per heavy atom. The molecule has 0 saturated carbocycles. The Morgan fingerprint density at radius 1 is 0.935 bits per heavy atom. The van der Waals surface area contributed by atoms with Crippen LogP contribution in [-0.2, 0) is 20.0 Å². The number of allylic oxidation sites excluding steroid dienone is 1. The SMILES string of the molecule is C=C(/C=C\c1cc2nc3ccc(N(CC)CC)cc3oc-2cc1=O)OS(=O)(=O)Oc1ccc(C(C)(C)c2ccc(OC)cc2)cc1. The summed E-state index contributed by atoms with van der Waals surface area (Å²) in [6.45, 7) is 13.6. The molecule has 0 radical (unpaired) electrons. The molecule has 0 bridgehead atoms. The Hall–Kier alpha value is -5.09. The van der Waals surface area contributed by atoms with Crippen molar-refractivity contribution in [3.63, 3.8) is 0 Å². The van der Waals surface area contributed by atoms with Gasteiger partial charge in [0.2, 0.25) is 0 Å². The zero-order chi connectivity index (χ0) is 33.1. The third-order valence-electron chi connectivity index (χ3n) is 7.87. The Labute approximate surface area is 269 Å². The molecule has 1 aliphatic carbocycles. The molecular weight excluding hydrogens is 604 g/mol. The van der Waals surface area contributed by atoms with Gasteiger partial charge < -0.3 is 22.4 Å². The van der Waals surface area contributed by atoms with Gasteiger partial charge in [0.25, 0.3) is 0 Å². The maximum absolute atomic E-state index is 12.8. The van der Waals surface area contributed by atoms with Gasteiger partial charge in [0.05, 0.1) is 7.11 Å². The van der Waals surface area contributed by atoms with Gasteiger partial charge in [-0.2, -0.15) is 0 Å². The van der Waals surface area contributed by atoms with Crippen molar-refractivity contribution in [1.29, 1.82) is 0 Å². The van der Waals surface area contributed by atoms with Gasteiger partial charge in [-0.05, 0) is 79.6 Å². The second-order valence-electron chi connectivity index (χ2n) is 11.1. The van der Waals surface area contributed by atoms with Crippen molar-refractivity contribution >= 4 is 33.3 Å². The minimum atomic E-state index is -4.50. The predicted octanol–water partition coefficient (Wildman–Crippen LogP) is 7.34. The van der Waals surface area contributed by atoms with E-state index in [0.29, 0.717) is 22.6 Å². The maximum atomic E-state index is 12.8. The fourth-order valence-electron chi connectivity index (χ4n) is 5.15. The number of benzene rings is 4. The maximum Gasteiger partial charge on any atom is 0.500 e. The minimum absolute atomic E-state index is 0.0775. The first kappa shape index (κ1) is 32.3. The highest BCUT2D eigenvalue weighted by Crippen LogP contribution is 2.34. The topological polar surface area (TPSA) is 108 Å². The Bertz CT molecular complexity index is 2030. The van der Waals surface area contributed by atoms with E-state index in [0.717, 1.165) is 35.7 Å². The van der Waals surface area contributed by atoms with E-state index < -0.39 is 10.4 Å². The average Bonchev–Trinajstić information content (AvgIpc) is 3.03. The van der Waals surface area contributed by atoms with Gasteiger partial charge in [0.1, 0.15) is 28.5 Å². The van der Waals surface area contributed by atoms with E-state index in [1.807, 2.05) is 42.5 Å². The summed E-state index contributed by atoms with van der Waals surface area (Å²) in [4.78, 5) is 19.7. The predicted molar refractivity (Wildman–Crippen MR) is 181 cm³/mol. The zero-order valence-corrected chi connectivity index (χ0v) is 27.3. The number of anilines is 1. The largest absolute Gasteiger partial charge is 0.500 e. The van der Waals surface area contributed by atoms with Gasteiger partial charge in [-0.15, -0.1) is 8.42 Å². The summed E-state index contributed by atoms with van der Waals surface area (Å²) >= 11 is 0. The first-order valence-electron chi connectivity index (χ1n) is 14.8. The highest BCUT2D eigenvalue weighted by atomic mass is 32.3. The summed E-state index contributed by atoms with van der Waals surface area (Å²) in [5.74, 6) is 0.947. The second-order valence-corrected chi connectivity index (χ2v) is 12.3. The molecule has 5 rings (SSSR count). The molecule has 0 N–H and O–H groups in total. The minimum Gasteiger partial charge on any atom is -0.497 e. The van der Waals surface area contributed by atoms with E-state index in [4.69, 9.17) is 17.5 Å². The lowest BCUT2D eigenvalue weighted by Crippen LogP contribution is -2.21. The molecule has 0 saturated heterocycles. The lowest BCUT2D eigenvalue weighted by atomic mass is 9.78. The fraction of sp³-hybridized carbons (Fsp3) is 0.222. The van der Waals surface area contributed by atoms with Crippen LogP contribution in [0.2, 0.25) is 0 Å². The molecule has 1 heterocycles. The number of fused-ring (bicyclic) bond motifs is 2. The highest BCUT2D eigenvalue weighted by Gasteiger charge is 2.24. The third kappa shape index (κ3) is 7.07. The van der Waals surface area contributed by atoms with E-state index >= 15 is 0 Å². The first-order valence-corrected chi connectivity index (χ1v) is 16.2. The molecule has 9 nitrogen and oxygen atoms in total. The molecule has 3 aromatic rings. The van der Waals surface area contributed by atoms with Crippen molar-refractivity contribution in [3.8, 4) is 23.0 Å². The average molecular weight is 641 g/mol. The molecule has 0 unspecified atom stereocenters. The van der Waals surface area contributed by atoms with E-state index in [-0.39, 0.29) is 27.9 Å². The molecule has 0 amide bonds. The standard InChI is InChI=1S/C36H36N2O7S/c1-7-38(8-2)28-15-20-31-34(22-28)43-35-23-33(39)25(21-32(35)37-31)10-9-24(3)44-46(40,41)45-30-18-13-27(14-19-30)36(4,5)26-11-16-29(42-6)17-12-26/h9-23H,3,7-8H2,1-2,4-6H3/b10-9-. The quantitative estimate of drug-likeness (QED) is 0.0786. The highest BCUT2D eigenvalue weighted by molar-refractivity contribution is 7.82. The summed E-state index contributed by atoms with van der Waals surface area (Å²) in [7, 11) is -2.88. The number of hydrogen-bond acceptors (Lipinski definition) is 9. The van der Waals surface area contributed by atoms with Crippen molar-refractivity contribution in [2.24, 2.45) is 0 Å². The Balaban J connectivity index is 1.26.